The van der Waals surface area contributed by atoms with Crippen LogP contribution in [0.15, 0.2) is 0 Å². The topological polar surface area (TPSA) is 64.3 Å². The Hall–Kier alpha value is -0.610. The fourth-order valence-electron chi connectivity index (χ4n) is 3.13. The Morgan fingerprint density at radius 2 is 2.19 bits per heavy atom. The lowest BCUT2D eigenvalue weighted by molar-refractivity contribution is -0.127. The van der Waals surface area contributed by atoms with E-state index >= 15 is 0 Å². The Bertz CT molecular complexity index is 291. The maximum absolute atomic E-state index is 11.8. The van der Waals surface area contributed by atoms with Gasteiger partial charge in [-0.2, -0.15) is 0 Å². The summed E-state index contributed by atoms with van der Waals surface area (Å²) in [6.45, 7) is 0.804. The zero-order chi connectivity index (χ0) is 11.1. The minimum absolute atomic E-state index is 0.0695. The van der Waals surface area contributed by atoms with Gasteiger partial charge in [0.25, 0.3) is 0 Å². The number of carbonyl (C=O) groups excluding carboxylic acids is 1. The molecule has 2 saturated carbocycles. The fraction of sp³-hybridized carbons (Fsp3) is 0.917. The van der Waals surface area contributed by atoms with E-state index in [-0.39, 0.29) is 24.1 Å². The second kappa shape index (κ2) is 4.00. The zero-order valence-electron chi connectivity index (χ0n) is 9.52. The third-order valence-electron chi connectivity index (χ3n) is 4.47. The van der Waals surface area contributed by atoms with Crippen LogP contribution in [0.2, 0.25) is 0 Å². The van der Waals surface area contributed by atoms with Crippen molar-refractivity contribution in [3.63, 3.8) is 0 Å². The molecule has 1 saturated heterocycles. The molecule has 3 aliphatic rings. The smallest absolute Gasteiger partial charge is 0.220 e. The lowest BCUT2D eigenvalue weighted by Crippen LogP contribution is -2.69. The van der Waals surface area contributed by atoms with Crippen molar-refractivity contribution in [2.45, 2.75) is 50.3 Å². The summed E-state index contributed by atoms with van der Waals surface area (Å²) in [6, 6.07) is 0.179. The van der Waals surface area contributed by atoms with Gasteiger partial charge in [-0.15, -0.1) is 0 Å². The lowest BCUT2D eigenvalue weighted by Gasteiger charge is -2.45. The summed E-state index contributed by atoms with van der Waals surface area (Å²) in [4.78, 5) is 11.8. The summed E-state index contributed by atoms with van der Waals surface area (Å²) in [5.74, 6) is 1.27. The van der Waals surface area contributed by atoms with E-state index in [1.54, 1.807) is 0 Å². The molecule has 0 spiro atoms. The van der Waals surface area contributed by atoms with Crippen molar-refractivity contribution in [3.8, 4) is 0 Å². The van der Waals surface area contributed by atoms with Crippen LogP contribution in [0.25, 0.3) is 0 Å². The molecule has 3 fully saturated rings. The van der Waals surface area contributed by atoms with Gasteiger partial charge in [0.05, 0.1) is 12.1 Å². The number of amides is 1. The van der Waals surface area contributed by atoms with Gasteiger partial charge in [0.2, 0.25) is 5.91 Å². The minimum atomic E-state index is 0.0695. The van der Waals surface area contributed by atoms with Gasteiger partial charge in [0.1, 0.15) is 0 Å². The van der Waals surface area contributed by atoms with E-state index in [1.807, 2.05) is 0 Å². The quantitative estimate of drug-likeness (QED) is 0.729. The van der Waals surface area contributed by atoms with E-state index in [4.69, 9.17) is 10.5 Å². The van der Waals surface area contributed by atoms with Gasteiger partial charge in [-0.3, -0.25) is 4.79 Å². The van der Waals surface area contributed by atoms with Crippen LogP contribution in [-0.2, 0) is 9.53 Å². The molecule has 2 aliphatic carbocycles. The summed E-state index contributed by atoms with van der Waals surface area (Å²) in [7, 11) is 0. The van der Waals surface area contributed by atoms with Crippen molar-refractivity contribution in [1.82, 2.24) is 5.32 Å². The Labute approximate surface area is 95.9 Å². The van der Waals surface area contributed by atoms with Crippen molar-refractivity contribution in [3.05, 3.63) is 0 Å². The van der Waals surface area contributed by atoms with Crippen molar-refractivity contribution < 1.29 is 9.53 Å². The summed E-state index contributed by atoms with van der Waals surface area (Å²) in [5.41, 5.74) is 6.04. The highest BCUT2D eigenvalue weighted by Crippen LogP contribution is 2.38. The van der Waals surface area contributed by atoms with Crippen molar-refractivity contribution in [2.24, 2.45) is 17.6 Å². The first-order chi connectivity index (χ1) is 7.75. The molecule has 0 bridgehead atoms. The van der Waals surface area contributed by atoms with Gasteiger partial charge in [-0.25, -0.2) is 0 Å². The molecule has 4 heteroatoms. The fourth-order valence-corrected chi connectivity index (χ4v) is 3.13. The number of nitrogens with one attached hydrogen (secondary N) is 1. The average Bonchev–Trinajstić information content (AvgIpc) is 2.64. The SMILES string of the molecule is NC1C2CCOC2C1NC(=O)CC1CCC1. The summed E-state index contributed by atoms with van der Waals surface area (Å²) >= 11 is 0. The summed E-state index contributed by atoms with van der Waals surface area (Å²) in [6.07, 6.45) is 5.65. The summed E-state index contributed by atoms with van der Waals surface area (Å²) < 4.78 is 5.59. The predicted octanol–water partition coefficient (Wildman–Crippen LogP) is 0.407. The van der Waals surface area contributed by atoms with Crippen LogP contribution in [-0.4, -0.2) is 30.7 Å². The first-order valence-electron chi connectivity index (χ1n) is 6.42. The Morgan fingerprint density at radius 1 is 1.38 bits per heavy atom. The zero-order valence-corrected chi connectivity index (χ0v) is 9.52. The number of hydrogen-bond donors (Lipinski definition) is 2. The number of fused-ring (bicyclic) bond motifs is 1. The molecule has 1 aliphatic heterocycles. The van der Waals surface area contributed by atoms with E-state index < -0.39 is 0 Å². The molecule has 4 atom stereocenters. The number of rotatable bonds is 3. The highest BCUT2D eigenvalue weighted by molar-refractivity contribution is 5.77. The van der Waals surface area contributed by atoms with Crippen molar-refractivity contribution in [1.29, 1.82) is 0 Å². The molecule has 3 rings (SSSR count). The number of carbonyl (C=O) groups is 1. The Morgan fingerprint density at radius 3 is 2.88 bits per heavy atom. The standard InChI is InChI=1S/C12H20N2O2/c13-10-8-4-5-16-12(8)11(10)14-9(15)6-7-2-1-3-7/h7-8,10-12H,1-6,13H2,(H,14,15). The van der Waals surface area contributed by atoms with E-state index in [0.717, 1.165) is 13.0 Å². The molecule has 90 valence electrons. The van der Waals surface area contributed by atoms with Crippen LogP contribution in [0.1, 0.15) is 32.1 Å². The largest absolute Gasteiger partial charge is 0.376 e. The van der Waals surface area contributed by atoms with Gasteiger partial charge >= 0.3 is 0 Å². The van der Waals surface area contributed by atoms with Gasteiger partial charge in [-0.1, -0.05) is 6.42 Å². The highest BCUT2D eigenvalue weighted by Gasteiger charge is 2.52. The van der Waals surface area contributed by atoms with E-state index in [2.05, 4.69) is 5.32 Å². The molecule has 3 N–H and O–H groups in total. The molecule has 0 aromatic carbocycles. The molecule has 4 nitrogen and oxygen atoms in total. The first kappa shape index (κ1) is 10.5. The van der Waals surface area contributed by atoms with Crippen LogP contribution in [0.4, 0.5) is 0 Å². The number of ether oxygens (including phenoxy) is 1. The normalized spacial score (nSPS) is 42.1. The lowest BCUT2D eigenvalue weighted by atomic mass is 9.72. The number of hydrogen-bond acceptors (Lipinski definition) is 3. The van der Waals surface area contributed by atoms with Crippen molar-refractivity contribution >= 4 is 5.91 Å². The van der Waals surface area contributed by atoms with E-state index in [1.165, 1.54) is 19.3 Å². The first-order valence-corrected chi connectivity index (χ1v) is 6.42. The van der Waals surface area contributed by atoms with Gasteiger partial charge < -0.3 is 15.8 Å². The minimum Gasteiger partial charge on any atom is -0.376 e. The third kappa shape index (κ3) is 1.64. The second-order valence-corrected chi connectivity index (χ2v) is 5.46. The molecule has 1 amide bonds. The number of nitrogens with two attached hydrogens (primary N) is 1. The monoisotopic (exact) mass is 224 g/mol. The van der Waals surface area contributed by atoms with Gasteiger partial charge in [0, 0.05) is 25.0 Å². The Kier molecular flexibility index (Phi) is 2.64. The average molecular weight is 224 g/mol. The van der Waals surface area contributed by atoms with Crippen LogP contribution in [0.3, 0.4) is 0 Å². The van der Waals surface area contributed by atoms with Crippen molar-refractivity contribution in [2.75, 3.05) is 6.61 Å². The summed E-state index contributed by atoms with van der Waals surface area (Å²) in [5, 5.41) is 3.05. The van der Waals surface area contributed by atoms with Crippen LogP contribution >= 0.6 is 0 Å². The molecular weight excluding hydrogens is 204 g/mol. The van der Waals surface area contributed by atoms with E-state index in [0.29, 0.717) is 18.3 Å². The molecule has 4 unspecified atom stereocenters. The third-order valence-corrected chi connectivity index (χ3v) is 4.47. The maximum atomic E-state index is 11.8. The molecule has 0 aromatic heterocycles. The van der Waals surface area contributed by atoms with Gasteiger partial charge in [0.15, 0.2) is 0 Å². The maximum Gasteiger partial charge on any atom is 0.220 e. The Balaban J connectivity index is 1.48. The molecule has 1 heterocycles. The molecular formula is C12H20N2O2. The molecule has 16 heavy (non-hydrogen) atoms. The predicted molar refractivity (Wildman–Crippen MR) is 59.7 cm³/mol. The highest BCUT2D eigenvalue weighted by atomic mass is 16.5. The molecule has 0 radical (unpaired) electrons. The van der Waals surface area contributed by atoms with Crippen LogP contribution in [0.5, 0.6) is 0 Å². The van der Waals surface area contributed by atoms with Crippen LogP contribution < -0.4 is 11.1 Å². The van der Waals surface area contributed by atoms with Crippen LogP contribution in [0, 0.1) is 11.8 Å². The van der Waals surface area contributed by atoms with Gasteiger partial charge in [-0.05, 0) is 25.2 Å². The van der Waals surface area contributed by atoms with E-state index in [9.17, 15) is 4.79 Å². The molecule has 0 aromatic rings. The second-order valence-electron chi connectivity index (χ2n) is 5.46.